The Balaban J connectivity index is 2.14. The van der Waals surface area contributed by atoms with Gasteiger partial charge in [-0.3, -0.25) is 4.79 Å². The lowest BCUT2D eigenvalue weighted by Crippen LogP contribution is -2.16. The smallest absolute Gasteiger partial charge is 0.337 e. The summed E-state index contributed by atoms with van der Waals surface area (Å²) < 4.78 is 7.33. The molecule has 0 atom stereocenters. The Morgan fingerprint density at radius 2 is 1.95 bits per heavy atom. The van der Waals surface area contributed by atoms with Crippen LogP contribution in [0.4, 0.5) is 5.69 Å². The summed E-state index contributed by atoms with van der Waals surface area (Å²) in [5.74, 6) is -0.606. The number of carbonyl (C=O) groups is 2. The maximum Gasteiger partial charge on any atom is 0.337 e. The number of amides is 1. The molecule has 110 valence electrons. The van der Waals surface area contributed by atoms with E-state index in [1.807, 2.05) is 17.7 Å². The van der Waals surface area contributed by atoms with E-state index in [0.717, 1.165) is 4.47 Å². The van der Waals surface area contributed by atoms with Gasteiger partial charge in [-0.05, 0) is 53.2 Å². The number of hydrogen-bond donors (Lipinski definition) is 1. The van der Waals surface area contributed by atoms with Crippen LogP contribution in [0.15, 0.2) is 41.0 Å². The SMILES string of the molecule is CCn1cc(Br)cc1C(=O)Nc1ccc(C(=O)OC)cc1. The monoisotopic (exact) mass is 350 g/mol. The molecule has 0 saturated carbocycles. The molecule has 0 radical (unpaired) electrons. The number of esters is 1. The van der Waals surface area contributed by atoms with Crippen LogP contribution in [0.2, 0.25) is 0 Å². The molecular weight excluding hydrogens is 336 g/mol. The number of aryl methyl sites for hydroxylation is 1. The quantitative estimate of drug-likeness (QED) is 0.860. The first-order chi connectivity index (χ1) is 10.0. The molecule has 1 heterocycles. The summed E-state index contributed by atoms with van der Waals surface area (Å²) in [5, 5.41) is 2.80. The van der Waals surface area contributed by atoms with Gasteiger partial charge in [0.15, 0.2) is 0 Å². The van der Waals surface area contributed by atoms with Crippen LogP contribution >= 0.6 is 15.9 Å². The molecule has 2 aromatic rings. The summed E-state index contributed by atoms with van der Waals surface area (Å²) in [6, 6.07) is 8.31. The van der Waals surface area contributed by atoms with Gasteiger partial charge < -0.3 is 14.6 Å². The van der Waals surface area contributed by atoms with Crippen molar-refractivity contribution in [2.24, 2.45) is 0 Å². The van der Waals surface area contributed by atoms with E-state index in [4.69, 9.17) is 0 Å². The Morgan fingerprint density at radius 3 is 2.52 bits per heavy atom. The molecule has 2 rings (SSSR count). The number of halogens is 1. The van der Waals surface area contributed by atoms with Gasteiger partial charge in [-0.15, -0.1) is 0 Å². The molecule has 21 heavy (non-hydrogen) atoms. The largest absolute Gasteiger partial charge is 0.465 e. The van der Waals surface area contributed by atoms with Crippen LogP contribution in [-0.4, -0.2) is 23.6 Å². The van der Waals surface area contributed by atoms with Crippen molar-refractivity contribution in [1.82, 2.24) is 4.57 Å². The van der Waals surface area contributed by atoms with E-state index in [9.17, 15) is 9.59 Å². The maximum absolute atomic E-state index is 12.2. The zero-order valence-electron chi connectivity index (χ0n) is 11.7. The molecule has 0 fully saturated rings. The lowest BCUT2D eigenvalue weighted by Gasteiger charge is -2.08. The van der Waals surface area contributed by atoms with Crippen molar-refractivity contribution in [1.29, 1.82) is 0 Å². The third kappa shape index (κ3) is 3.52. The van der Waals surface area contributed by atoms with Gasteiger partial charge in [0.1, 0.15) is 5.69 Å². The van der Waals surface area contributed by atoms with Gasteiger partial charge in [-0.2, -0.15) is 0 Å². The topological polar surface area (TPSA) is 60.3 Å². The molecule has 1 aromatic heterocycles. The van der Waals surface area contributed by atoms with Gasteiger partial charge in [0.2, 0.25) is 0 Å². The highest BCUT2D eigenvalue weighted by Crippen LogP contribution is 2.17. The summed E-state index contributed by atoms with van der Waals surface area (Å²) in [7, 11) is 1.33. The lowest BCUT2D eigenvalue weighted by molar-refractivity contribution is 0.0600. The van der Waals surface area contributed by atoms with Gasteiger partial charge in [0.05, 0.1) is 12.7 Å². The minimum absolute atomic E-state index is 0.201. The second kappa shape index (κ2) is 6.58. The molecule has 0 spiro atoms. The molecule has 0 saturated heterocycles. The molecule has 0 aliphatic heterocycles. The second-order valence-electron chi connectivity index (χ2n) is 4.35. The number of nitrogens with zero attached hydrogens (tertiary/aromatic N) is 1. The lowest BCUT2D eigenvalue weighted by atomic mass is 10.2. The molecule has 1 amide bonds. The van der Waals surface area contributed by atoms with E-state index < -0.39 is 5.97 Å². The number of aromatic nitrogens is 1. The highest BCUT2D eigenvalue weighted by Gasteiger charge is 2.13. The number of rotatable bonds is 4. The standard InChI is InChI=1S/C15H15BrN2O3/c1-3-18-9-11(16)8-13(18)14(19)17-12-6-4-10(5-7-12)15(20)21-2/h4-9H,3H2,1-2H3,(H,17,19). The van der Waals surface area contributed by atoms with E-state index in [1.54, 1.807) is 30.3 Å². The van der Waals surface area contributed by atoms with Crippen molar-refractivity contribution in [2.75, 3.05) is 12.4 Å². The van der Waals surface area contributed by atoms with Gasteiger partial charge >= 0.3 is 5.97 Å². The summed E-state index contributed by atoms with van der Waals surface area (Å²) in [6.45, 7) is 2.67. The first-order valence-corrected chi connectivity index (χ1v) is 7.20. The third-order valence-corrected chi connectivity index (χ3v) is 3.43. The molecule has 1 aromatic carbocycles. The number of carbonyl (C=O) groups excluding carboxylic acids is 2. The second-order valence-corrected chi connectivity index (χ2v) is 5.27. The first-order valence-electron chi connectivity index (χ1n) is 6.40. The molecule has 6 heteroatoms. The molecule has 0 aliphatic rings. The normalized spacial score (nSPS) is 10.2. The number of benzene rings is 1. The number of methoxy groups -OCH3 is 1. The fourth-order valence-electron chi connectivity index (χ4n) is 1.93. The van der Waals surface area contributed by atoms with Gasteiger partial charge in [0.25, 0.3) is 5.91 Å². The number of ether oxygens (including phenoxy) is 1. The van der Waals surface area contributed by atoms with E-state index in [0.29, 0.717) is 23.5 Å². The number of anilines is 1. The van der Waals surface area contributed by atoms with E-state index >= 15 is 0 Å². The van der Waals surface area contributed by atoms with Crippen molar-refractivity contribution in [2.45, 2.75) is 13.5 Å². The molecule has 0 unspecified atom stereocenters. The van der Waals surface area contributed by atoms with Gasteiger partial charge in [-0.25, -0.2) is 4.79 Å². The van der Waals surface area contributed by atoms with Crippen LogP contribution in [-0.2, 0) is 11.3 Å². The third-order valence-electron chi connectivity index (χ3n) is 3.00. The highest BCUT2D eigenvalue weighted by molar-refractivity contribution is 9.10. The van der Waals surface area contributed by atoms with E-state index in [-0.39, 0.29) is 5.91 Å². The zero-order valence-corrected chi connectivity index (χ0v) is 13.3. The van der Waals surface area contributed by atoms with Crippen LogP contribution < -0.4 is 5.32 Å². The molecule has 0 bridgehead atoms. The Morgan fingerprint density at radius 1 is 1.29 bits per heavy atom. The minimum Gasteiger partial charge on any atom is -0.465 e. The Bertz CT molecular complexity index is 662. The van der Waals surface area contributed by atoms with Crippen LogP contribution in [0, 0.1) is 0 Å². The van der Waals surface area contributed by atoms with Crippen LogP contribution in [0.5, 0.6) is 0 Å². The Labute approximate surface area is 131 Å². The number of hydrogen-bond acceptors (Lipinski definition) is 3. The summed E-state index contributed by atoms with van der Waals surface area (Å²) in [6.07, 6.45) is 1.86. The molecular formula is C15H15BrN2O3. The van der Waals surface area contributed by atoms with E-state index in [1.165, 1.54) is 7.11 Å². The fourth-order valence-corrected chi connectivity index (χ4v) is 2.39. The van der Waals surface area contributed by atoms with Crippen molar-refractivity contribution in [3.05, 3.63) is 52.3 Å². The fraction of sp³-hybridized carbons (Fsp3) is 0.200. The predicted octanol–water partition coefficient (Wildman–Crippen LogP) is 3.31. The van der Waals surface area contributed by atoms with Crippen molar-refractivity contribution in [3.63, 3.8) is 0 Å². The summed E-state index contributed by atoms with van der Waals surface area (Å²) >= 11 is 3.36. The van der Waals surface area contributed by atoms with Crippen molar-refractivity contribution >= 4 is 33.5 Å². The molecule has 5 nitrogen and oxygen atoms in total. The summed E-state index contributed by atoms with van der Waals surface area (Å²) in [5.41, 5.74) is 1.63. The van der Waals surface area contributed by atoms with Crippen molar-refractivity contribution < 1.29 is 14.3 Å². The maximum atomic E-state index is 12.2. The average molecular weight is 351 g/mol. The van der Waals surface area contributed by atoms with Gasteiger partial charge in [-0.1, -0.05) is 0 Å². The number of nitrogens with one attached hydrogen (secondary N) is 1. The highest BCUT2D eigenvalue weighted by atomic mass is 79.9. The molecule has 1 N–H and O–H groups in total. The zero-order chi connectivity index (χ0) is 15.4. The average Bonchev–Trinajstić information content (AvgIpc) is 2.88. The van der Waals surface area contributed by atoms with Crippen molar-refractivity contribution in [3.8, 4) is 0 Å². The Hall–Kier alpha value is -2.08. The van der Waals surface area contributed by atoms with Crippen LogP contribution in [0.1, 0.15) is 27.8 Å². The minimum atomic E-state index is -0.406. The molecule has 0 aliphatic carbocycles. The summed E-state index contributed by atoms with van der Waals surface area (Å²) in [4.78, 5) is 23.6. The first kappa shape index (κ1) is 15.3. The Kier molecular flexibility index (Phi) is 4.80. The van der Waals surface area contributed by atoms with Crippen LogP contribution in [0.3, 0.4) is 0 Å². The predicted molar refractivity (Wildman–Crippen MR) is 83.5 cm³/mol. The van der Waals surface area contributed by atoms with E-state index in [2.05, 4.69) is 26.0 Å². The van der Waals surface area contributed by atoms with Gasteiger partial charge in [0, 0.05) is 22.9 Å². The van der Waals surface area contributed by atoms with Crippen LogP contribution in [0.25, 0.3) is 0 Å².